The third kappa shape index (κ3) is 2.80. The van der Waals surface area contributed by atoms with Crippen molar-refractivity contribution in [3.63, 3.8) is 0 Å². The lowest BCUT2D eigenvalue weighted by molar-refractivity contribution is 0.102. The number of nitrogens with two attached hydrogens (primary N) is 1. The molecule has 4 nitrogen and oxygen atoms in total. The molecule has 0 fully saturated rings. The molecule has 0 aliphatic rings. The molecule has 0 radical (unpaired) electrons. The van der Waals surface area contributed by atoms with E-state index < -0.39 is 0 Å². The Kier molecular flexibility index (Phi) is 3.81. The molecule has 0 unspecified atom stereocenters. The molecule has 3 aromatic rings. The summed E-state index contributed by atoms with van der Waals surface area (Å²) >= 11 is 1.42. The number of nitrogen functional groups attached to an aromatic ring is 1. The zero-order valence-electron chi connectivity index (χ0n) is 12.5. The van der Waals surface area contributed by atoms with E-state index in [0.29, 0.717) is 10.7 Å². The standard InChI is InChI=1S/C17H17N3OS/c1-3-11-4-6-12(7-5-11)16(21)19-13-8-10(2)15-14(9-13)22-17(18)20-15/h4-9H,3H2,1-2H3,(H2,18,20)(H,19,21). The van der Waals surface area contributed by atoms with Crippen LogP contribution in [0.25, 0.3) is 10.2 Å². The molecule has 0 spiro atoms. The number of benzene rings is 2. The number of carbonyl (C=O) groups excluding carboxylic acids is 1. The van der Waals surface area contributed by atoms with Crippen LogP contribution in [0.4, 0.5) is 10.8 Å². The molecule has 0 saturated carbocycles. The lowest BCUT2D eigenvalue weighted by Gasteiger charge is -2.07. The minimum atomic E-state index is -0.112. The van der Waals surface area contributed by atoms with Crippen molar-refractivity contribution in [3.8, 4) is 0 Å². The van der Waals surface area contributed by atoms with Gasteiger partial charge in [0.15, 0.2) is 5.13 Å². The van der Waals surface area contributed by atoms with Gasteiger partial charge >= 0.3 is 0 Å². The minimum Gasteiger partial charge on any atom is -0.375 e. The van der Waals surface area contributed by atoms with Crippen LogP contribution in [0.3, 0.4) is 0 Å². The average Bonchev–Trinajstić information content (AvgIpc) is 2.88. The molecule has 3 rings (SSSR count). The van der Waals surface area contributed by atoms with Crippen LogP contribution in [-0.4, -0.2) is 10.9 Å². The first-order valence-corrected chi connectivity index (χ1v) is 7.95. The topological polar surface area (TPSA) is 68.0 Å². The number of thiazole rings is 1. The van der Waals surface area contributed by atoms with E-state index in [1.165, 1.54) is 16.9 Å². The van der Waals surface area contributed by atoms with Crippen molar-refractivity contribution < 1.29 is 4.79 Å². The summed E-state index contributed by atoms with van der Waals surface area (Å²) in [6.07, 6.45) is 0.963. The Morgan fingerprint density at radius 1 is 1.27 bits per heavy atom. The summed E-state index contributed by atoms with van der Waals surface area (Å²) in [7, 11) is 0. The van der Waals surface area contributed by atoms with Gasteiger partial charge in [-0.15, -0.1) is 0 Å². The first-order valence-electron chi connectivity index (χ1n) is 7.13. The smallest absolute Gasteiger partial charge is 0.255 e. The zero-order chi connectivity index (χ0) is 15.7. The number of rotatable bonds is 3. The highest BCUT2D eigenvalue weighted by Crippen LogP contribution is 2.29. The van der Waals surface area contributed by atoms with Crippen molar-refractivity contribution in [2.24, 2.45) is 0 Å². The van der Waals surface area contributed by atoms with Gasteiger partial charge in [-0.3, -0.25) is 4.79 Å². The number of hydrogen-bond acceptors (Lipinski definition) is 4. The van der Waals surface area contributed by atoms with Crippen LogP contribution in [0.2, 0.25) is 0 Å². The van der Waals surface area contributed by atoms with Crippen LogP contribution in [0.15, 0.2) is 36.4 Å². The second-order valence-corrected chi connectivity index (χ2v) is 6.26. The number of aromatic nitrogens is 1. The molecule has 112 valence electrons. The molecule has 5 heteroatoms. The highest BCUT2D eigenvalue weighted by Gasteiger charge is 2.10. The maximum Gasteiger partial charge on any atom is 0.255 e. The summed E-state index contributed by atoms with van der Waals surface area (Å²) in [5.41, 5.74) is 10.3. The van der Waals surface area contributed by atoms with Gasteiger partial charge in [-0.2, -0.15) is 0 Å². The maximum absolute atomic E-state index is 12.3. The van der Waals surface area contributed by atoms with Crippen molar-refractivity contribution in [3.05, 3.63) is 53.1 Å². The summed E-state index contributed by atoms with van der Waals surface area (Å²) < 4.78 is 0.981. The largest absolute Gasteiger partial charge is 0.375 e. The number of carbonyl (C=O) groups is 1. The summed E-state index contributed by atoms with van der Waals surface area (Å²) in [5.74, 6) is -0.112. The molecule has 1 aromatic heterocycles. The molecule has 1 amide bonds. The van der Waals surface area contributed by atoms with E-state index in [-0.39, 0.29) is 5.91 Å². The number of fused-ring (bicyclic) bond motifs is 1. The fourth-order valence-corrected chi connectivity index (χ4v) is 3.23. The molecule has 1 heterocycles. The highest BCUT2D eigenvalue weighted by molar-refractivity contribution is 7.22. The normalized spacial score (nSPS) is 10.8. The zero-order valence-corrected chi connectivity index (χ0v) is 13.3. The highest BCUT2D eigenvalue weighted by atomic mass is 32.1. The SMILES string of the molecule is CCc1ccc(C(=O)Nc2cc(C)c3nc(N)sc3c2)cc1. The van der Waals surface area contributed by atoms with Gasteiger partial charge in [0, 0.05) is 11.3 Å². The molecule has 22 heavy (non-hydrogen) atoms. The van der Waals surface area contributed by atoms with Gasteiger partial charge < -0.3 is 11.1 Å². The monoisotopic (exact) mass is 311 g/mol. The molecular formula is C17H17N3OS. The third-order valence-electron chi connectivity index (χ3n) is 3.58. The van der Waals surface area contributed by atoms with Crippen LogP contribution in [0.1, 0.15) is 28.4 Å². The summed E-state index contributed by atoms with van der Waals surface area (Å²) in [5, 5.41) is 3.48. The molecule has 0 bridgehead atoms. The van der Waals surface area contributed by atoms with E-state index in [1.54, 1.807) is 0 Å². The molecule has 0 saturated heterocycles. The number of anilines is 2. The van der Waals surface area contributed by atoms with E-state index in [4.69, 9.17) is 5.73 Å². The van der Waals surface area contributed by atoms with E-state index >= 15 is 0 Å². The van der Waals surface area contributed by atoms with E-state index in [9.17, 15) is 4.79 Å². The van der Waals surface area contributed by atoms with E-state index in [1.807, 2.05) is 43.3 Å². The Morgan fingerprint density at radius 2 is 2.00 bits per heavy atom. The quantitative estimate of drug-likeness (QED) is 0.768. The predicted molar refractivity (Wildman–Crippen MR) is 92.5 cm³/mol. The Balaban J connectivity index is 1.86. The van der Waals surface area contributed by atoms with Gasteiger partial charge in [0.05, 0.1) is 10.2 Å². The van der Waals surface area contributed by atoms with Crippen molar-refractivity contribution in [1.82, 2.24) is 4.98 Å². The van der Waals surface area contributed by atoms with Crippen molar-refractivity contribution in [1.29, 1.82) is 0 Å². The Bertz CT molecular complexity index is 837. The van der Waals surface area contributed by atoms with E-state index in [2.05, 4.69) is 17.2 Å². The number of nitrogens with one attached hydrogen (secondary N) is 1. The number of hydrogen-bond donors (Lipinski definition) is 2. The minimum absolute atomic E-state index is 0.112. The molecular weight excluding hydrogens is 294 g/mol. The van der Waals surface area contributed by atoms with Gasteiger partial charge in [0.1, 0.15) is 0 Å². The lowest BCUT2D eigenvalue weighted by Crippen LogP contribution is -2.11. The summed E-state index contributed by atoms with van der Waals surface area (Å²) in [4.78, 5) is 16.6. The summed E-state index contributed by atoms with van der Waals surface area (Å²) in [6, 6.07) is 11.5. The molecule has 0 aliphatic carbocycles. The first kappa shape index (κ1) is 14.5. The van der Waals surface area contributed by atoms with Crippen molar-refractivity contribution in [2.75, 3.05) is 11.1 Å². The van der Waals surface area contributed by atoms with Crippen LogP contribution in [0, 0.1) is 6.92 Å². The van der Waals surface area contributed by atoms with Crippen molar-refractivity contribution in [2.45, 2.75) is 20.3 Å². The fourth-order valence-electron chi connectivity index (χ4n) is 2.38. The number of aryl methyl sites for hydroxylation is 2. The number of amides is 1. The predicted octanol–water partition coefficient (Wildman–Crippen LogP) is 4.00. The van der Waals surface area contributed by atoms with Gasteiger partial charge in [0.2, 0.25) is 0 Å². The van der Waals surface area contributed by atoms with E-state index in [0.717, 1.165) is 27.9 Å². The Hall–Kier alpha value is -2.40. The van der Waals surface area contributed by atoms with Gasteiger partial charge in [-0.25, -0.2) is 4.98 Å². The molecule has 0 atom stereocenters. The first-order chi connectivity index (χ1) is 10.6. The number of nitrogens with zero attached hydrogens (tertiary/aromatic N) is 1. The Labute approximate surface area is 133 Å². The van der Waals surface area contributed by atoms with Crippen LogP contribution in [-0.2, 0) is 6.42 Å². The lowest BCUT2D eigenvalue weighted by atomic mass is 10.1. The van der Waals surface area contributed by atoms with Gasteiger partial charge in [-0.05, 0) is 48.7 Å². The summed E-state index contributed by atoms with van der Waals surface area (Å²) in [6.45, 7) is 4.06. The molecule has 0 aliphatic heterocycles. The second kappa shape index (κ2) is 5.77. The molecule has 3 N–H and O–H groups in total. The fraction of sp³-hybridized carbons (Fsp3) is 0.176. The van der Waals surface area contributed by atoms with Crippen LogP contribution < -0.4 is 11.1 Å². The average molecular weight is 311 g/mol. The maximum atomic E-state index is 12.3. The Morgan fingerprint density at radius 3 is 2.68 bits per heavy atom. The third-order valence-corrected chi connectivity index (χ3v) is 4.42. The molecule has 2 aromatic carbocycles. The van der Waals surface area contributed by atoms with Crippen molar-refractivity contribution >= 4 is 38.3 Å². The van der Waals surface area contributed by atoms with Crippen LogP contribution >= 0.6 is 11.3 Å². The van der Waals surface area contributed by atoms with Gasteiger partial charge in [0.25, 0.3) is 5.91 Å². The van der Waals surface area contributed by atoms with Crippen LogP contribution in [0.5, 0.6) is 0 Å². The second-order valence-electron chi connectivity index (χ2n) is 5.20. The van der Waals surface area contributed by atoms with Gasteiger partial charge in [-0.1, -0.05) is 30.4 Å².